The molecule has 0 heterocycles. The molecule has 0 bridgehead atoms. The van der Waals surface area contributed by atoms with Crippen molar-refractivity contribution in [2.75, 3.05) is 0 Å². The molecule has 0 aromatic heterocycles. The van der Waals surface area contributed by atoms with Crippen molar-refractivity contribution in [1.29, 1.82) is 0 Å². The quantitative estimate of drug-likeness (QED) is 0.620. The van der Waals surface area contributed by atoms with E-state index in [1.165, 1.54) is 34.4 Å². The fourth-order valence-electron chi connectivity index (χ4n) is 0.942. The fourth-order valence-corrected chi connectivity index (χ4v) is 1.64. The second-order valence-corrected chi connectivity index (χ2v) is 3.47. The van der Waals surface area contributed by atoms with Crippen LogP contribution in [0.15, 0.2) is 24.3 Å². The molecule has 0 amide bonds. The molecule has 0 aliphatic carbocycles. The predicted molar refractivity (Wildman–Crippen MR) is 39.5 cm³/mol. The minimum absolute atomic E-state index is 0. The largest absolute Gasteiger partial charge is 1.00 e. The Morgan fingerprint density at radius 1 is 1.09 bits per heavy atom. The van der Waals surface area contributed by atoms with Crippen molar-refractivity contribution < 1.29 is 35.3 Å². The van der Waals surface area contributed by atoms with Gasteiger partial charge in [0.15, 0.2) is 0 Å². The Morgan fingerprint density at radius 3 is 1.91 bits per heavy atom. The first-order chi connectivity index (χ1) is 4.86. The summed E-state index contributed by atoms with van der Waals surface area (Å²) < 4.78 is 0. The number of aryl methyl sites for hydroxylation is 1. The van der Waals surface area contributed by atoms with Crippen LogP contribution in [0.1, 0.15) is 18.1 Å². The molecule has 1 aromatic carbocycles. The molecular weight excluding hydrogens is 253 g/mol. The van der Waals surface area contributed by atoms with Crippen molar-refractivity contribution in [2.24, 2.45) is 0 Å². The normalized spacial score (nSPS) is 9.00. The van der Waals surface area contributed by atoms with Crippen molar-refractivity contribution in [2.45, 2.75) is 18.4 Å². The molecule has 0 aliphatic heterocycles. The van der Waals surface area contributed by atoms with Crippen molar-refractivity contribution in [3.63, 3.8) is 0 Å². The molecule has 56 valence electrons. The van der Waals surface area contributed by atoms with E-state index < -0.39 is 0 Å². The minimum Gasteiger partial charge on any atom is -1.00 e. The second kappa shape index (κ2) is 5.91. The monoisotopic (exact) mass is 262 g/mol. The van der Waals surface area contributed by atoms with Gasteiger partial charge in [-0.1, -0.05) is 0 Å². The maximum Gasteiger partial charge on any atom is -1.00 e. The first-order valence-electron chi connectivity index (χ1n) is 3.74. The van der Waals surface area contributed by atoms with E-state index in [1.807, 2.05) is 0 Å². The molecule has 0 radical (unpaired) electrons. The average Bonchev–Trinajstić information content (AvgIpc) is 2.05. The Morgan fingerprint density at radius 2 is 1.55 bits per heavy atom. The van der Waals surface area contributed by atoms with Crippen molar-refractivity contribution >= 4 is 0 Å². The Labute approximate surface area is 88.8 Å². The third kappa shape index (κ3) is 3.49. The van der Waals surface area contributed by atoms with Gasteiger partial charge in [0.1, 0.15) is 0 Å². The Kier molecular flexibility index (Phi) is 6.08. The summed E-state index contributed by atoms with van der Waals surface area (Å²) in [7, 11) is 0. The van der Waals surface area contributed by atoms with E-state index in [1.54, 1.807) is 0 Å². The first kappa shape index (κ1) is 11.3. The fraction of sp³-hybridized carbons (Fsp3) is 0.333. The van der Waals surface area contributed by atoms with Gasteiger partial charge in [0.25, 0.3) is 0 Å². The molecule has 0 saturated heterocycles. The maximum atomic E-state index is 2.24. The minimum atomic E-state index is 0. The van der Waals surface area contributed by atoms with Crippen LogP contribution in [-0.2, 0) is 29.7 Å². The zero-order chi connectivity index (χ0) is 7.40. The van der Waals surface area contributed by atoms with Crippen LogP contribution in [0.3, 0.4) is 0 Å². The first-order valence-corrected chi connectivity index (χ1v) is 5.83. The van der Waals surface area contributed by atoms with E-state index in [4.69, 9.17) is 0 Å². The second-order valence-electron chi connectivity index (χ2n) is 2.42. The van der Waals surface area contributed by atoms with Crippen molar-refractivity contribution in [3.05, 3.63) is 35.4 Å². The van der Waals surface area contributed by atoms with Crippen LogP contribution < -0.4 is 17.0 Å². The molecule has 0 nitrogen and oxygen atoms in total. The summed E-state index contributed by atoms with van der Waals surface area (Å²) in [6, 6.07) is 8.93. The summed E-state index contributed by atoms with van der Waals surface area (Å²) in [5.41, 5.74) is 2.93. The van der Waals surface area contributed by atoms with Gasteiger partial charge in [0, 0.05) is 0 Å². The van der Waals surface area contributed by atoms with Crippen LogP contribution in [0.4, 0.5) is 0 Å². The van der Waals surface area contributed by atoms with Gasteiger partial charge >= 0.3 is 72.1 Å². The SMILES string of the molecule is CCc1ccc([CH2][Zn+])cc1.[Br-]. The van der Waals surface area contributed by atoms with Crippen molar-refractivity contribution in [3.8, 4) is 0 Å². The number of rotatable bonds is 2. The molecule has 0 spiro atoms. The molecule has 0 N–H and O–H groups in total. The Balaban J connectivity index is 0.000001000. The van der Waals surface area contributed by atoms with Gasteiger partial charge in [-0.3, -0.25) is 0 Å². The van der Waals surface area contributed by atoms with E-state index in [2.05, 4.69) is 31.2 Å². The van der Waals surface area contributed by atoms with Crippen LogP contribution in [-0.4, -0.2) is 0 Å². The number of hydrogen-bond donors (Lipinski definition) is 0. The van der Waals surface area contributed by atoms with Crippen LogP contribution in [0.5, 0.6) is 0 Å². The van der Waals surface area contributed by atoms with E-state index in [9.17, 15) is 0 Å². The molecular formula is C9H11BrZn. The smallest absolute Gasteiger partial charge is 1.00 e. The summed E-state index contributed by atoms with van der Waals surface area (Å²) in [5.74, 6) is 0. The van der Waals surface area contributed by atoms with Gasteiger partial charge < -0.3 is 17.0 Å². The molecule has 2 heteroatoms. The van der Waals surface area contributed by atoms with Crippen LogP contribution in [0.2, 0.25) is 0 Å². The van der Waals surface area contributed by atoms with E-state index in [-0.39, 0.29) is 17.0 Å². The van der Waals surface area contributed by atoms with Crippen LogP contribution in [0, 0.1) is 0 Å². The summed E-state index contributed by atoms with van der Waals surface area (Å²) in [5, 5.41) is 1.27. The molecule has 0 fully saturated rings. The summed E-state index contributed by atoms with van der Waals surface area (Å²) >= 11 is 1.37. The van der Waals surface area contributed by atoms with Gasteiger partial charge in [-0.05, 0) is 0 Å². The van der Waals surface area contributed by atoms with Gasteiger partial charge in [0.05, 0.1) is 0 Å². The van der Waals surface area contributed by atoms with Gasteiger partial charge in [-0.15, -0.1) is 0 Å². The maximum absolute atomic E-state index is 2.24. The molecule has 0 unspecified atom stereocenters. The van der Waals surface area contributed by atoms with Crippen LogP contribution >= 0.6 is 0 Å². The van der Waals surface area contributed by atoms with E-state index in [0.717, 1.165) is 6.42 Å². The number of hydrogen-bond acceptors (Lipinski definition) is 0. The molecule has 0 saturated carbocycles. The molecule has 0 aliphatic rings. The van der Waals surface area contributed by atoms with E-state index in [0.29, 0.717) is 0 Å². The molecule has 0 atom stereocenters. The van der Waals surface area contributed by atoms with Crippen molar-refractivity contribution in [1.82, 2.24) is 0 Å². The van der Waals surface area contributed by atoms with Crippen LogP contribution in [0.25, 0.3) is 0 Å². The summed E-state index contributed by atoms with van der Waals surface area (Å²) in [6.07, 6.45) is 1.15. The molecule has 11 heavy (non-hydrogen) atoms. The zero-order valence-corrected chi connectivity index (χ0v) is 11.4. The topological polar surface area (TPSA) is 0 Å². The number of halogens is 1. The third-order valence-corrected chi connectivity index (χ3v) is 2.93. The molecule has 1 rings (SSSR count). The van der Waals surface area contributed by atoms with E-state index >= 15 is 0 Å². The zero-order valence-electron chi connectivity index (χ0n) is 6.81. The standard InChI is InChI=1S/C9H11.BrH.Zn/c1-3-9-6-4-8(2)5-7-9;;/h4-7H,2-3H2,1H3;1H;/q;;+1/p-1. The summed E-state index contributed by atoms with van der Waals surface area (Å²) in [6.45, 7) is 2.19. The molecule has 1 aromatic rings. The third-order valence-electron chi connectivity index (χ3n) is 1.72. The predicted octanol–water partition coefficient (Wildman–Crippen LogP) is -0.700. The van der Waals surface area contributed by atoms with Gasteiger partial charge in [-0.25, -0.2) is 0 Å². The van der Waals surface area contributed by atoms with Gasteiger partial charge in [-0.2, -0.15) is 0 Å². The average molecular weight is 264 g/mol. The summed E-state index contributed by atoms with van der Waals surface area (Å²) in [4.78, 5) is 0. The Bertz CT molecular complexity index is 170. The Hall–Kier alpha value is 0.323. The van der Waals surface area contributed by atoms with Gasteiger partial charge in [0.2, 0.25) is 0 Å². The number of benzene rings is 1.